The van der Waals surface area contributed by atoms with E-state index >= 15 is 0 Å². The molecule has 0 amide bonds. The molecule has 0 atom stereocenters. The van der Waals surface area contributed by atoms with E-state index in [-0.39, 0.29) is 0 Å². The van der Waals surface area contributed by atoms with Crippen molar-refractivity contribution in [3.05, 3.63) is 83.6 Å². The fraction of sp³-hybridized carbons (Fsp3) is 0.200. The van der Waals surface area contributed by atoms with Gasteiger partial charge in [-0.3, -0.25) is 0 Å². The quantitative estimate of drug-likeness (QED) is 0.688. The Labute approximate surface area is 127 Å². The summed E-state index contributed by atoms with van der Waals surface area (Å²) in [6.45, 7) is 4.34. The van der Waals surface area contributed by atoms with Gasteiger partial charge in [0.1, 0.15) is 0 Å². The predicted octanol–water partition coefficient (Wildman–Crippen LogP) is 5.76. The second-order valence-electron chi connectivity index (χ2n) is 5.66. The number of hydrogen-bond acceptors (Lipinski definition) is 1. The van der Waals surface area contributed by atoms with Crippen LogP contribution >= 0.6 is 0 Å². The predicted molar refractivity (Wildman–Crippen MR) is 90.8 cm³/mol. The van der Waals surface area contributed by atoms with Gasteiger partial charge in [0.25, 0.3) is 0 Å². The van der Waals surface area contributed by atoms with E-state index in [0.29, 0.717) is 0 Å². The number of benzene rings is 2. The molecule has 0 heterocycles. The molecule has 1 aliphatic rings. The molecule has 0 N–H and O–H groups in total. The summed E-state index contributed by atoms with van der Waals surface area (Å²) in [6.07, 6.45) is 6.92. The molecule has 2 aromatic carbocycles. The van der Waals surface area contributed by atoms with Crippen molar-refractivity contribution >= 4 is 11.4 Å². The van der Waals surface area contributed by atoms with Crippen molar-refractivity contribution < 1.29 is 0 Å². The van der Waals surface area contributed by atoms with Gasteiger partial charge in [-0.1, -0.05) is 47.5 Å². The summed E-state index contributed by atoms with van der Waals surface area (Å²) in [4.78, 5) is 2.34. The van der Waals surface area contributed by atoms with E-state index in [0.717, 1.165) is 6.42 Å². The van der Waals surface area contributed by atoms with Crippen molar-refractivity contribution in [1.29, 1.82) is 0 Å². The van der Waals surface area contributed by atoms with Crippen LogP contribution in [-0.4, -0.2) is 0 Å². The molecular formula is C20H21N. The van der Waals surface area contributed by atoms with Crippen LogP contribution in [0.25, 0.3) is 0 Å². The number of anilines is 2. The number of para-hydroxylation sites is 1. The van der Waals surface area contributed by atoms with Crippen molar-refractivity contribution in [2.45, 2.75) is 26.7 Å². The van der Waals surface area contributed by atoms with Crippen LogP contribution in [0.5, 0.6) is 0 Å². The summed E-state index contributed by atoms with van der Waals surface area (Å²) in [5, 5.41) is 0. The Hall–Kier alpha value is -2.28. The highest BCUT2D eigenvalue weighted by atomic mass is 15.1. The van der Waals surface area contributed by atoms with Crippen LogP contribution in [0.15, 0.2) is 78.0 Å². The molecule has 0 radical (unpaired) electrons. The summed E-state index contributed by atoms with van der Waals surface area (Å²) < 4.78 is 0. The first-order valence-corrected chi connectivity index (χ1v) is 7.53. The number of allylic oxidation sites excluding steroid dienone is 3. The third kappa shape index (κ3) is 3.08. The molecule has 0 fully saturated rings. The summed E-state index contributed by atoms with van der Waals surface area (Å²) in [6, 6.07) is 19.3. The van der Waals surface area contributed by atoms with Gasteiger partial charge in [0.2, 0.25) is 0 Å². The summed E-state index contributed by atoms with van der Waals surface area (Å²) in [5.41, 5.74) is 6.42. The Morgan fingerprint density at radius 2 is 1.48 bits per heavy atom. The number of hydrogen-bond donors (Lipinski definition) is 0. The van der Waals surface area contributed by atoms with Gasteiger partial charge < -0.3 is 4.90 Å². The van der Waals surface area contributed by atoms with E-state index in [1.54, 1.807) is 0 Å². The molecule has 0 saturated heterocycles. The molecule has 1 aliphatic carbocycles. The van der Waals surface area contributed by atoms with Crippen molar-refractivity contribution in [1.82, 2.24) is 0 Å². The average Bonchev–Trinajstić information content (AvgIpc) is 2.51. The van der Waals surface area contributed by atoms with Gasteiger partial charge in [-0.2, -0.15) is 0 Å². The second-order valence-corrected chi connectivity index (χ2v) is 5.66. The minimum Gasteiger partial charge on any atom is -0.311 e. The maximum Gasteiger partial charge on any atom is 0.0461 e. The lowest BCUT2D eigenvalue weighted by atomic mass is 10.0. The van der Waals surface area contributed by atoms with Crippen molar-refractivity contribution in [3.63, 3.8) is 0 Å². The van der Waals surface area contributed by atoms with Gasteiger partial charge >= 0.3 is 0 Å². The number of nitrogens with zero attached hydrogens (tertiary/aromatic N) is 1. The second kappa shape index (κ2) is 6.01. The number of rotatable bonds is 3. The Morgan fingerprint density at radius 3 is 2.14 bits per heavy atom. The summed E-state index contributed by atoms with van der Waals surface area (Å²) >= 11 is 0. The maximum atomic E-state index is 2.34. The molecule has 0 spiro atoms. The molecule has 0 aromatic heterocycles. The lowest BCUT2D eigenvalue weighted by molar-refractivity contribution is 0.933. The normalized spacial score (nSPS) is 14.4. The standard InChI is InChI=1S/C20H21N/c1-16-11-13-19(14-12-16)21(18-8-4-3-5-9-18)20-10-6-7-17(2)15-20/h3-5,8-15H,6-7H2,1-2H3. The molecule has 106 valence electrons. The summed E-state index contributed by atoms with van der Waals surface area (Å²) in [7, 11) is 0. The van der Waals surface area contributed by atoms with Crippen LogP contribution in [0.1, 0.15) is 25.3 Å². The van der Waals surface area contributed by atoms with E-state index in [9.17, 15) is 0 Å². The molecule has 0 bridgehead atoms. The Balaban J connectivity index is 2.07. The van der Waals surface area contributed by atoms with Gasteiger partial charge in [0.15, 0.2) is 0 Å². The largest absolute Gasteiger partial charge is 0.311 e. The smallest absolute Gasteiger partial charge is 0.0461 e. The zero-order valence-corrected chi connectivity index (χ0v) is 12.7. The van der Waals surface area contributed by atoms with E-state index in [4.69, 9.17) is 0 Å². The van der Waals surface area contributed by atoms with Gasteiger partial charge in [0.05, 0.1) is 0 Å². The van der Waals surface area contributed by atoms with E-state index in [1.807, 2.05) is 0 Å². The van der Waals surface area contributed by atoms with E-state index < -0.39 is 0 Å². The van der Waals surface area contributed by atoms with Gasteiger partial charge in [-0.05, 0) is 57.0 Å². The lowest BCUT2D eigenvalue weighted by Gasteiger charge is -2.28. The SMILES string of the molecule is CC1=CC(N(c2ccccc2)c2ccc(C)cc2)=CCC1. The molecular weight excluding hydrogens is 254 g/mol. The minimum atomic E-state index is 1.12. The first kappa shape index (κ1) is 13.7. The molecule has 0 aliphatic heterocycles. The van der Waals surface area contributed by atoms with Crippen LogP contribution < -0.4 is 4.90 Å². The minimum absolute atomic E-state index is 1.12. The monoisotopic (exact) mass is 275 g/mol. The molecule has 3 rings (SSSR count). The first-order chi connectivity index (χ1) is 10.2. The third-order valence-electron chi connectivity index (χ3n) is 3.85. The highest BCUT2D eigenvalue weighted by Crippen LogP contribution is 2.33. The molecule has 21 heavy (non-hydrogen) atoms. The van der Waals surface area contributed by atoms with Crippen molar-refractivity contribution in [2.24, 2.45) is 0 Å². The first-order valence-electron chi connectivity index (χ1n) is 7.53. The highest BCUT2D eigenvalue weighted by Gasteiger charge is 2.14. The Morgan fingerprint density at radius 1 is 0.810 bits per heavy atom. The Kier molecular flexibility index (Phi) is 3.92. The molecule has 2 aromatic rings. The molecule has 0 saturated carbocycles. The zero-order chi connectivity index (χ0) is 14.7. The summed E-state index contributed by atoms with van der Waals surface area (Å²) in [5.74, 6) is 0. The zero-order valence-electron chi connectivity index (χ0n) is 12.7. The maximum absolute atomic E-state index is 2.34. The van der Waals surface area contributed by atoms with Gasteiger partial charge in [0, 0.05) is 17.1 Å². The Bertz CT molecular complexity index is 663. The van der Waals surface area contributed by atoms with Crippen LogP contribution in [-0.2, 0) is 0 Å². The van der Waals surface area contributed by atoms with Crippen LogP contribution in [0.2, 0.25) is 0 Å². The van der Waals surface area contributed by atoms with E-state index in [1.165, 1.54) is 34.6 Å². The van der Waals surface area contributed by atoms with Gasteiger partial charge in [-0.15, -0.1) is 0 Å². The average molecular weight is 275 g/mol. The van der Waals surface area contributed by atoms with Crippen molar-refractivity contribution in [2.75, 3.05) is 4.90 Å². The van der Waals surface area contributed by atoms with Crippen LogP contribution in [0.3, 0.4) is 0 Å². The fourth-order valence-corrected chi connectivity index (χ4v) is 2.71. The van der Waals surface area contributed by atoms with Crippen LogP contribution in [0.4, 0.5) is 11.4 Å². The third-order valence-corrected chi connectivity index (χ3v) is 3.85. The molecule has 1 heteroatoms. The fourth-order valence-electron chi connectivity index (χ4n) is 2.71. The molecule has 0 unspecified atom stereocenters. The van der Waals surface area contributed by atoms with Gasteiger partial charge in [-0.25, -0.2) is 0 Å². The highest BCUT2D eigenvalue weighted by molar-refractivity contribution is 5.70. The van der Waals surface area contributed by atoms with Crippen molar-refractivity contribution in [3.8, 4) is 0 Å². The molecule has 1 nitrogen and oxygen atoms in total. The number of aryl methyl sites for hydroxylation is 1. The lowest BCUT2D eigenvalue weighted by Crippen LogP contribution is -2.16. The topological polar surface area (TPSA) is 3.24 Å². The van der Waals surface area contributed by atoms with Crippen LogP contribution in [0, 0.1) is 6.92 Å². The van der Waals surface area contributed by atoms with E-state index in [2.05, 4.69) is 85.5 Å².